The minimum absolute atomic E-state index is 0.231. The summed E-state index contributed by atoms with van der Waals surface area (Å²) in [5.74, 6) is -1.25. The molecule has 1 aromatic heterocycles. The third-order valence-electron chi connectivity index (χ3n) is 3.65. The van der Waals surface area contributed by atoms with Crippen molar-refractivity contribution in [3.8, 4) is 0 Å². The number of ether oxygens (including phenoxy) is 1. The van der Waals surface area contributed by atoms with Crippen molar-refractivity contribution in [2.24, 2.45) is 5.92 Å². The van der Waals surface area contributed by atoms with Crippen LogP contribution in [0.15, 0.2) is 36.4 Å². The first kappa shape index (κ1) is 14.3. The number of amides is 1. The van der Waals surface area contributed by atoms with Gasteiger partial charge in [-0.25, -0.2) is 4.68 Å². The van der Waals surface area contributed by atoms with Crippen molar-refractivity contribution in [2.45, 2.75) is 19.9 Å². The van der Waals surface area contributed by atoms with E-state index in [-0.39, 0.29) is 12.5 Å². The average Bonchev–Trinajstić information content (AvgIpc) is 2.86. The number of aryl methyl sites for hydroxylation is 1. The SMILES string of the molecule is CCOC(=O)C1C(=O)Nc2cc(C)nn2C1c1ccccc1. The van der Waals surface area contributed by atoms with Crippen molar-refractivity contribution in [1.82, 2.24) is 9.78 Å². The largest absolute Gasteiger partial charge is 0.465 e. The van der Waals surface area contributed by atoms with Crippen molar-refractivity contribution >= 4 is 17.7 Å². The van der Waals surface area contributed by atoms with Crippen LogP contribution in [0.5, 0.6) is 0 Å². The number of anilines is 1. The summed E-state index contributed by atoms with van der Waals surface area (Å²) >= 11 is 0. The van der Waals surface area contributed by atoms with Crippen LogP contribution in [-0.4, -0.2) is 28.3 Å². The van der Waals surface area contributed by atoms with Gasteiger partial charge >= 0.3 is 5.97 Å². The lowest BCUT2D eigenvalue weighted by molar-refractivity contribution is -0.152. The summed E-state index contributed by atoms with van der Waals surface area (Å²) < 4.78 is 6.77. The monoisotopic (exact) mass is 299 g/mol. The fourth-order valence-corrected chi connectivity index (χ4v) is 2.76. The van der Waals surface area contributed by atoms with Gasteiger partial charge in [0, 0.05) is 6.07 Å². The summed E-state index contributed by atoms with van der Waals surface area (Å²) in [4.78, 5) is 24.7. The highest BCUT2D eigenvalue weighted by Gasteiger charge is 2.43. The van der Waals surface area contributed by atoms with Crippen molar-refractivity contribution in [2.75, 3.05) is 11.9 Å². The standard InChI is InChI=1S/C16H17N3O3/c1-3-22-16(21)13-14(11-7-5-4-6-8-11)19-12(17-15(13)20)9-10(2)18-19/h4-9,13-14H,3H2,1-2H3,(H,17,20). The van der Waals surface area contributed by atoms with Crippen molar-refractivity contribution < 1.29 is 14.3 Å². The van der Waals surface area contributed by atoms with E-state index < -0.39 is 17.9 Å². The topological polar surface area (TPSA) is 73.2 Å². The summed E-state index contributed by atoms with van der Waals surface area (Å²) in [5.41, 5.74) is 1.63. The van der Waals surface area contributed by atoms with Gasteiger partial charge in [0.05, 0.1) is 12.3 Å². The van der Waals surface area contributed by atoms with Crippen LogP contribution in [-0.2, 0) is 14.3 Å². The van der Waals surface area contributed by atoms with Gasteiger partial charge in [0.25, 0.3) is 0 Å². The number of nitrogens with zero attached hydrogens (tertiary/aromatic N) is 2. The lowest BCUT2D eigenvalue weighted by Gasteiger charge is -2.31. The summed E-state index contributed by atoms with van der Waals surface area (Å²) in [6.45, 7) is 3.80. The molecule has 1 aromatic carbocycles. The molecule has 2 aromatic rings. The Morgan fingerprint density at radius 1 is 1.36 bits per heavy atom. The van der Waals surface area contributed by atoms with E-state index >= 15 is 0 Å². The van der Waals surface area contributed by atoms with Crippen LogP contribution in [0.1, 0.15) is 24.2 Å². The lowest BCUT2D eigenvalue weighted by atomic mass is 9.90. The first-order chi connectivity index (χ1) is 10.6. The van der Waals surface area contributed by atoms with Gasteiger partial charge in [0.1, 0.15) is 11.9 Å². The minimum atomic E-state index is -0.950. The van der Waals surface area contributed by atoms with Gasteiger partial charge in [-0.2, -0.15) is 5.10 Å². The number of esters is 1. The maximum Gasteiger partial charge on any atom is 0.321 e. The molecule has 6 heteroatoms. The molecule has 0 aliphatic carbocycles. The second-order valence-electron chi connectivity index (χ2n) is 5.19. The molecule has 0 spiro atoms. The van der Waals surface area contributed by atoms with Crippen molar-refractivity contribution in [3.05, 3.63) is 47.7 Å². The normalized spacial score (nSPS) is 20.2. The molecule has 0 saturated heterocycles. The predicted molar refractivity (Wildman–Crippen MR) is 80.3 cm³/mol. The van der Waals surface area contributed by atoms with Crippen LogP contribution in [0, 0.1) is 12.8 Å². The molecule has 1 N–H and O–H groups in total. The number of hydrogen-bond donors (Lipinski definition) is 1. The van der Waals surface area contributed by atoms with Crippen LogP contribution in [0.3, 0.4) is 0 Å². The highest BCUT2D eigenvalue weighted by atomic mass is 16.5. The molecule has 2 unspecified atom stereocenters. The molecule has 0 radical (unpaired) electrons. The van der Waals surface area contributed by atoms with E-state index in [4.69, 9.17) is 4.74 Å². The van der Waals surface area contributed by atoms with E-state index in [2.05, 4.69) is 10.4 Å². The number of carbonyl (C=O) groups excluding carboxylic acids is 2. The van der Waals surface area contributed by atoms with Crippen LogP contribution in [0.25, 0.3) is 0 Å². The Hall–Kier alpha value is -2.63. The maximum atomic E-state index is 12.4. The zero-order valence-corrected chi connectivity index (χ0v) is 12.4. The summed E-state index contributed by atoms with van der Waals surface area (Å²) in [6, 6.07) is 10.7. The number of rotatable bonds is 3. The fourth-order valence-electron chi connectivity index (χ4n) is 2.76. The first-order valence-electron chi connectivity index (χ1n) is 7.20. The zero-order chi connectivity index (χ0) is 15.7. The number of aromatic nitrogens is 2. The fraction of sp³-hybridized carbons (Fsp3) is 0.312. The third-order valence-corrected chi connectivity index (χ3v) is 3.65. The van der Waals surface area contributed by atoms with Gasteiger partial charge in [0.15, 0.2) is 5.92 Å². The number of fused-ring (bicyclic) bond motifs is 1. The smallest absolute Gasteiger partial charge is 0.321 e. The van der Waals surface area contributed by atoms with Gasteiger partial charge in [-0.15, -0.1) is 0 Å². The number of benzene rings is 1. The molecule has 0 bridgehead atoms. The molecule has 1 amide bonds. The van der Waals surface area contributed by atoms with Crippen LogP contribution < -0.4 is 5.32 Å². The summed E-state index contributed by atoms with van der Waals surface area (Å²) in [6.07, 6.45) is 0. The van der Waals surface area contributed by atoms with E-state index in [0.717, 1.165) is 11.3 Å². The van der Waals surface area contributed by atoms with E-state index in [1.54, 1.807) is 17.7 Å². The molecule has 3 rings (SSSR count). The highest BCUT2D eigenvalue weighted by molar-refractivity contribution is 6.06. The molecule has 114 valence electrons. The zero-order valence-electron chi connectivity index (χ0n) is 12.4. The predicted octanol–water partition coefficient (Wildman–Crippen LogP) is 1.91. The minimum Gasteiger partial charge on any atom is -0.465 e. The number of nitrogens with one attached hydrogen (secondary N) is 1. The Bertz CT molecular complexity index is 709. The Balaban J connectivity index is 2.12. The molecule has 22 heavy (non-hydrogen) atoms. The van der Waals surface area contributed by atoms with Gasteiger partial charge < -0.3 is 10.1 Å². The lowest BCUT2D eigenvalue weighted by Crippen LogP contribution is -2.43. The molecule has 1 aliphatic rings. The van der Waals surface area contributed by atoms with Crippen LogP contribution in [0.4, 0.5) is 5.82 Å². The van der Waals surface area contributed by atoms with E-state index in [1.165, 1.54) is 0 Å². The second kappa shape index (κ2) is 5.63. The number of carbonyl (C=O) groups is 2. The summed E-state index contributed by atoms with van der Waals surface area (Å²) in [7, 11) is 0. The van der Waals surface area contributed by atoms with Gasteiger partial charge in [0.2, 0.25) is 5.91 Å². The second-order valence-corrected chi connectivity index (χ2v) is 5.19. The average molecular weight is 299 g/mol. The summed E-state index contributed by atoms with van der Waals surface area (Å²) in [5, 5.41) is 7.16. The van der Waals surface area contributed by atoms with Crippen LogP contribution >= 0.6 is 0 Å². The molecular formula is C16H17N3O3. The molecule has 6 nitrogen and oxygen atoms in total. The Kier molecular flexibility index (Phi) is 3.66. The third kappa shape index (κ3) is 2.36. The Labute approximate surface area is 128 Å². The molecule has 0 saturated carbocycles. The van der Waals surface area contributed by atoms with Gasteiger partial charge in [-0.3, -0.25) is 9.59 Å². The van der Waals surface area contributed by atoms with Crippen molar-refractivity contribution in [3.63, 3.8) is 0 Å². The molecule has 2 atom stereocenters. The van der Waals surface area contributed by atoms with E-state index in [0.29, 0.717) is 5.82 Å². The molecule has 2 heterocycles. The van der Waals surface area contributed by atoms with Crippen molar-refractivity contribution in [1.29, 1.82) is 0 Å². The van der Waals surface area contributed by atoms with Gasteiger partial charge in [-0.1, -0.05) is 30.3 Å². The van der Waals surface area contributed by atoms with Gasteiger partial charge in [-0.05, 0) is 19.4 Å². The Morgan fingerprint density at radius 3 is 2.77 bits per heavy atom. The Morgan fingerprint density at radius 2 is 2.09 bits per heavy atom. The van der Waals surface area contributed by atoms with E-state index in [1.807, 2.05) is 37.3 Å². The number of hydrogen-bond acceptors (Lipinski definition) is 4. The molecule has 0 fully saturated rings. The first-order valence-corrected chi connectivity index (χ1v) is 7.20. The molecular weight excluding hydrogens is 282 g/mol. The quantitative estimate of drug-likeness (QED) is 0.694. The molecule has 1 aliphatic heterocycles. The van der Waals surface area contributed by atoms with E-state index in [9.17, 15) is 9.59 Å². The maximum absolute atomic E-state index is 12.4. The van der Waals surface area contributed by atoms with Crippen LogP contribution in [0.2, 0.25) is 0 Å². The highest BCUT2D eigenvalue weighted by Crippen LogP contribution is 2.35.